The molecule has 0 aliphatic rings. The van der Waals surface area contributed by atoms with Crippen molar-refractivity contribution in [3.05, 3.63) is 23.8 Å². The van der Waals surface area contributed by atoms with Crippen LogP contribution >= 0.6 is 11.6 Å². The molecular formula is C35H63ClO2. The Morgan fingerprint density at radius 1 is 0.447 bits per heavy atom. The number of ether oxygens (including phenoxy) is 2. The van der Waals surface area contributed by atoms with E-state index in [-0.39, 0.29) is 0 Å². The molecule has 38 heavy (non-hydrogen) atoms. The molecule has 0 aromatic heterocycles. The van der Waals surface area contributed by atoms with Crippen LogP contribution in [0.25, 0.3) is 0 Å². The molecular weight excluding hydrogens is 488 g/mol. The highest BCUT2D eigenvalue weighted by atomic mass is 35.5. The lowest BCUT2D eigenvalue weighted by molar-refractivity contribution is 0.258. The Morgan fingerprint density at radius 2 is 0.789 bits per heavy atom. The van der Waals surface area contributed by atoms with Gasteiger partial charge in [-0.25, -0.2) is 0 Å². The first-order valence-electron chi connectivity index (χ1n) is 16.8. The van der Waals surface area contributed by atoms with Gasteiger partial charge in [-0.1, -0.05) is 161 Å². The quantitative estimate of drug-likeness (QED) is 0.0729. The van der Waals surface area contributed by atoms with Crippen molar-refractivity contribution < 1.29 is 9.47 Å². The van der Waals surface area contributed by atoms with E-state index in [0.717, 1.165) is 43.1 Å². The van der Waals surface area contributed by atoms with Crippen LogP contribution in [0.3, 0.4) is 0 Å². The molecule has 0 bridgehead atoms. The van der Waals surface area contributed by atoms with Gasteiger partial charge in [0, 0.05) is 5.88 Å². The lowest BCUT2D eigenvalue weighted by Crippen LogP contribution is -2.03. The van der Waals surface area contributed by atoms with Crippen LogP contribution in [0.4, 0.5) is 0 Å². The van der Waals surface area contributed by atoms with Crippen molar-refractivity contribution in [1.29, 1.82) is 0 Å². The first-order valence-corrected chi connectivity index (χ1v) is 17.3. The van der Waals surface area contributed by atoms with Gasteiger partial charge in [0.05, 0.1) is 13.2 Å². The van der Waals surface area contributed by atoms with E-state index in [2.05, 4.69) is 26.0 Å². The van der Waals surface area contributed by atoms with Crippen molar-refractivity contribution in [1.82, 2.24) is 0 Å². The monoisotopic (exact) mass is 550 g/mol. The van der Waals surface area contributed by atoms with Crippen molar-refractivity contribution in [2.24, 2.45) is 0 Å². The Hall–Kier alpha value is -0.890. The first kappa shape index (κ1) is 35.1. The average molecular weight is 551 g/mol. The SMILES string of the molecule is CCCCCCCCCCCCCCOc1ccc(CCl)cc1OCCCCCCCCCCCCCC. The van der Waals surface area contributed by atoms with Gasteiger partial charge in [-0.05, 0) is 30.5 Å². The van der Waals surface area contributed by atoms with Gasteiger partial charge in [-0.15, -0.1) is 11.6 Å². The zero-order valence-electron chi connectivity index (χ0n) is 25.5. The molecule has 0 amide bonds. The summed E-state index contributed by atoms with van der Waals surface area (Å²) in [6.45, 7) is 6.11. The fourth-order valence-electron chi connectivity index (χ4n) is 5.12. The molecule has 0 N–H and O–H groups in total. The van der Waals surface area contributed by atoms with Gasteiger partial charge in [0.2, 0.25) is 0 Å². The second-order valence-corrected chi connectivity index (χ2v) is 11.7. The highest BCUT2D eigenvalue weighted by molar-refractivity contribution is 6.17. The molecule has 0 aliphatic heterocycles. The lowest BCUT2D eigenvalue weighted by Gasteiger charge is -2.14. The molecule has 1 aromatic carbocycles. The summed E-state index contributed by atoms with van der Waals surface area (Å²) in [5.74, 6) is 2.25. The smallest absolute Gasteiger partial charge is 0.161 e. The number of unbranched alkanes of at least 4 members (excludes halogenated alkanes) is 22. The summed E-state index contributed by atoms with van der Waals surface area (Å²) in [7, 11) is 0. The van der Waals surface area contributed by atoms with Crippen molar-refractivity contribution in [3.8, 4) is 11.5 Å². The Balaban J connectivity index is 2.07. The predicted molar refractivity (Wildman–Crippen MR) is 169 cm³/mol. The van der Waals surface area contributed by atoms with Crippen LogP contribution in [0.1, 0.15) is 174 Å². The molecule has 0 fully saturated rings. The van der Waals surface area contributed by atoms with Gasteiger partial charge in [-0.3, -0.25) is 0 Å². The fraction of sp³-hybridized carbons (Fsp3) is 0.829. The van der Waals surface area contributed by atoms with Gasteiger partial charge in [0.15, 0.2) is 11.5 Å². The zero-order chi connectivity index (χ0) is 27.4. The number of alkyl halides is 1. The van der Waals surface area contributed by atoms with Gasteiger partial charge < -0.3 is 9.47 Å². The van der Waals surface area contributed by atoms with Gasteiger partial charge in [0.25, 0.3) is 0 Å². The lowest BCUT2D eigenvalue weighted by atomic mass is 10.1. The minimum Gasteiger partial charge on any atom is -0.490 e. The second-order valence-electron chi connectivity index (χ2n) is 11.4. The molecule has 0 heterocycles. The van der Waals surface area contributed by atoms with Gasteiger partial charge >= 0.3 is 0 Å². The van der Waals surface area contributed by atoms with E-state index in [0.29, 0.717) is 5.88 Å². The molecule has 0 atom stereocenters. The third kappa shape index (κ3) is 21.0. The van der Waals surface area contributed by atoms with E-state index in [1.165, 1.54) is 141 Å². The maximum absolute atomic E-state index is 6.15. The minimum atomic E-state index is 0.508. The highest BCUT2D eigenvalue weighted by Gasteiger charge is 2.07. The van der Waals surface area contributed by atoms with Crippen LogP contribution < -0.4 is 9.47 Å². The van der Waals surface area contributed by atoms with Crippen molar-refractivity contribution in [3.63, 3.8) is 0 Å². The summed E-state index contributed by atoms with van der Waals surface area (Å²) >= 11 is 6.08. The normalized spacial score (nSPS) is 11.2. The molecule has 0 unspecified atom stereocenters. The summed E-state index contributed by atoms with van der Waals surface area (Å²) in [6.07, 6.45) is 32.7. The van der Waals surface area contributed by atoms with Crippen LogP contribution in [0.5, 0.6) is 11.5 Å². The van der Waals surface area contributed by atoms with Crippen molar-refractivity contribution in [2.45, 2.75) is 174 Å². The molecule has 2 nitrogen and oxygen atoms in total. The largest absolute Gasteiger partial charge is 0.490 e. The Bertz CT molecular complexity index is 618. The zero-order valence-corrected chi connectivity index (χ0v) is 26.3. The number of hydrogen-bond acceptors (Lipinski definition) is 2. The highest BCUT2D eigenvalue weighted by Crippen LogP contribution is 2.30. The average Bonchev–Trinajstić information content (AvgIpc) is 2.94. The van der Waals surface area contributed by atoms with E-state index in [1.807, 2.05) is 6.07 Å². The van der Waals surface area contributed by atoms with E-state index < -0.39 is 0 Å². The molecule has 0 saturated heterocycles. The maximum atomic E-state index is 6.15. The van der Waals surface area contributed by atoms with Gasteiger partial charge in [0.1, 0.15) is 0 Å². The summed E-state index contributed by atoms with van der Waals surface area (Å²) in [6, 6.07) is 6.15. The predicted octanol–water partition coefficient (Wildman–Crippen LogP) is 12.6. The number of hydrogen-bond donors (Lipinski definition) is 0. The molecule has 1 aromatic rings. The fourth-order valence-corrected chi connectivity index (χ4v) is 5.28. The van der Waals surface area contributed by atoms with Crippen LogP contribution in [0, 0.1) is 0 Å². The van der Waals surface area contributed by atoms with Gasteiger partial charge in [-0.2, -0.15) is 0 Å². The molecule has 3 heteroatoms. The second kappa shape index (κ2) is 27.7. The summed E-state index contributed by atoms with van der Waals surface area (Å²) in [5, 5.41) is 0. The standard InChI is InChI=1S/C35H63ClO2/c1-3-5-7-9-11-13-15-17-19-21-23-25-29-37-34-28-27-33(32-36)31-35(34)38-30-26-24-22-20-18-16-14-12-10-8-6-4-2/h27-28,31H,3-26,29-30,32H2,1-2H3. The number of benzene rings is 1. The summed E-state index contributed by atoms with van der Waals surface area (Å²) in [4.78, 5) is 0. The Morgan fingerprint density at radius 3 is 1.16 bits per heavy atom. The molecule has 0 spiro atoms. The number of rotatable bonds is 29. The third-order valence-corrected chi connectivity index (χ3v) is 7.98. The van der Waals surface area contributed by atoms with E-state index in [4.69, 9.17) is 21.1 Å². The van der Waals surface area contributed by atoms with Crippen molar-refractivity contribution in [2.75, 3.05) is 13.2 Å². The molecule has 0 saturated carbocycles. The topological polar surface area (TPSA) is 18.5 Å². The molecule has 0 aliphatic carbocycles. The Kier molecular flexibility index (Phi) is 25.6. The maximum Gasteiger partial charge on any atom is 0.161 e. The van der Waals surface area contributed by atoms with Crippen LogP contribution in [-0.2, 0) is 5.88 Å². The first-order chi connectivity index (χ1) is 18.8. The Labute approximate surface area is 243 Å². The van der Waals surface area contributed by atoms with Crippen molar-refractivity contribution >= 4 is 11.6 Å². The third-order valence-electron chi connectivity index (χ3n) is 7.67. The molecule has 222 valence electrons. The molecule has 0 radical (unpaired) electrons. The van der Waals surface area contributed by atoms with E-state index >= 15 is 0 Å². The summed E-state index contributed by atoms with van der Waals surface area (Å²) in [5.41, 5.74) is 1.09. The van der Waals surface area contributed by atoms with E-state index in [1.54, 1.807) is 0 Å². The van der Waals surface area contributed by atoms with Crippen LogP contribution in [0.15, 0.2) is 18.2 Å². The van der Waals surface area contributed by atoms with Crippen LogP contribution in [-0.4, -0.2) is 13.2 Å². The summed E-state index contributed by atoms with van der Waals surface area (Å²) < 4.78 is 12.3. The molecule has 1 rings (SSSR count). The minimum absolute atomic E-state index is 0.508. The number of halogens is 1. The van der Waals surface area contributed by atoms with Crippen LogP contribution in [0.2, 0.25) is 0 Å². The van der Waals surface area contributed by atoms with E-state index in [9.17, 15) is 0 Å².